The number of hydrogen-bond donors (Lipinski definition) is 1. The summed E-state index contributed by atoms with van der Waals surface area (Å²) < 4.78 is 5.37. The highest BCUT2D eigenvalue weighted by molar-refractivity contribution is 5.85. The van der Waals surface area contributed by atoms with E-state index in [9.17, 15) is 4.79 Å². The van der Waals surface area contributed by atoms with Crippen molar-refractivity contribution in [1.82, 2.24) is 10.1 Å². The van der Waals surface area contributed by atoms with E-state index in [4.69, 9.17) is 10.3 Å². The van der Waals surface area contributed by atoms with Crippen LogP contribution in [0.15, 0.2) is 34.9 Å². The number of nitrogens with two attached hydrogens (primary N) is 1. The molecule has 1 amide bonds. The lowest BCUT2D eigenvalue weighted by Crippen LogP contribution is -2.33. The molecule has 1 saturated heterocycles. The monoisotopic (exact) mass is 363 g/mol. The highest BCUT2D eigenvalue weighted by atomic mass is 35.5. The number of halogens is 1. The van der Waals surface area contributed by atoms with Gasteiger partial charge in [-0.2, -0.15) is 0 Å². The molecule has 136 valence electrons. The largest absolute Gasteiger partial charge is 0.361 e. The lowest BCUT2D eigenvalue weighted by Gasteiger charge is -2.16. The summed E-state index contributed by atoms with van der Waals surface area (Å²) in [7, 11) is 0. The first kappa shape index (κ1) is 19.5. The molecule has 0 saturated carbocycles. The van der Waals surface area contributed by atoms with E-state index in [-0.39, 0.29) is 30.3 Å². The Balaban J connectivity index is 0.00000225. The molecule has 2 N–H and O–H groups in total. The molecule has 0 unspecified atom stereocenters. The van der Waals surface area contributed by atoms with Gasteiger partial charge in [0.2, 0.25) is 5.91 Å². The van der Waals surface area contributed by atoms with Gasteiger partial charge in [0.15, 0.2) is 0 Å². The molecule has 2 atom stereocenters. The summed E-state index contributed by atoms with van der Waals surface area (Å²) in [5, 5.41) is 4.09. The topological polar surface area (TPSA) is 72.4 Å². The molecule has 0 radical (unpaired) electrons. The second-order valence-corrected chi connectivity index (χ2v) is 6.39. The molecule has 25 heavy (non-hydrogen) atoms. The maximum Gasteiger partial charge on any atom is 0.227 e. The van der Waals surface area contributed by atoms with Gasteiger partial charge in [0, 0.05) is 37.0 Å². The fourth-order valence-corrected chi connectivity index (χ4v) is 3.49. The first-order chi connectivity index (χ1) is 11.6. The van der Waals surface area contributed by atoms with Crippen LogP contribution in [0.5, 0.6) is 0 Å². The van der Waals surface area contributed by atoms with Crippen LogP contribution in [0.25, 0.3) is 0 Å². The minimum Gasteiger partial charge on any atom is -0.361 e. The van der Waals surface area contributed by atoms with Crippen LogP contribution in [0.1, 0.15) is 42.3 Å². The Labute approximate surface area is 155 Å². The Morgan fingerprint density at radius 1 is 1.24 bits per heavy atom. The average Bonchev–Trinajstić information content (AvgIpc) is 3.18. The molecule has 1 fully saturated rings. The first-order valence-electron chi connectivity index (χ1n) is 8.68. The van der Waals surface area contributed by atoms with Crippen LogP contribution in [0.2, 0.25) is 0 Å². The number of hydrogen-bond acceptors (Lipinski definition) is 4. The van der Waals surface area contributed by atoms with Crippen molar-refractivity contribution < 1.29 is 9.32 Å². The summed E-state index contributed by atoms with van der Waals surface area (Å²) in [6, 6.07) is 10.2. The highest BCUT2D eigenvalue weighted by Crippen LogP contribution is 2.27. The third-order valence-electron chi connectivity index (χ3n) is 4.88. The van der Waals surface area contributed by atoms with Crippen molar-refractivity contribution in [2.75, 3.05) is 13.1 Å². The fraction of sp³-hybridized carbons (Fsp3) is 0.474. The number of carbonyl (C=O) groups is 1. The SMILES string of the molecule is CCc1noc(CC)c1CC(=O)N1C[C@@H](N)[C@H](c2ccccc2)C1.Cl. The molecule has 2 aromatic rings. The Bertz CT molecular complexity index is 680. The lowest BCUT2D eigenvalue weighted by atomic mass is 9.95. The van der Waals surface area contributed by atoms with Crippen molar-refractivity contribution in [3.8, 4) is 0 Å². The van der Waals surface area contributed by atoms with Crippen LogP contribution < -0.4 is 5.73 Å². The van der Waals surface area contributed by atoms with Gasteiger partial charge in [-0.1, -0.05) is 49.3 Å². The van der Waals surface area contributed by atoms with Crippen LogP contribution in [0.3, 0.4) is 0 Å². The normalized spacial score (nSPS) is 19.7. The molecule has 5 nitrogen and oxygen atoms in total. The van der Waals surface area contributed by atoms with Crippen LogP contribution in [-0.2, 0) is 24.1 Å². The fourth-order valence-electron chi connectivity index (χ4n) is 3.49. The lowest BCUT2D eigenvalue weighted by molar-refractivity contribution is -0.129. The molecule has 0 spiro atoms. The molecule has 0 bridgehead atoms. The maximum absolute atomic E-state index is 12.8. The van der Waals surface area contributed by atoms with E-state index in [1.807, 2.05) is 36.9 Å². The van der Waals surface area contributed by atoms with Crippen LogP contribution in [0, 0.1) is 0 Å². The van der Waals surface area contributed by atoms with Crippen LogP contribution >= 0.6 is 12.4 Å². The van der Waals surface area contributed by atoms with Gasteiger partial charge in [0.1, 0.15) is 5.76 Å². The molecule has 1 aromatic heterocycles. The molecule has 0 aliphatic carbocycles. The summed E-state index contributed by atoms with van der Waals surface area (Å²) in [5.74, 6) is 1.13. The molecular formula is C19H26ClN3O2. The minimum atomic E-state index is -0.0184. The third kappa shape index (κ3) is 4.05. The second-order valence-electron chi connectivity index (χ2n) is 6.39. The van der Waals surface area contributed by atoms with Crippen molar-refractivity contribution in [2.45, 2.75) is 45.1 Å². The number of likely N-dealkylation sites (tertiary alicyclic amines) is 1. The Hall–Kier alpha value is -1.85. The second kappa shape index (κ2) is 8.50. The van der Waals surface area contributed by atoms with Gasteiger partial charge in [0.25, 0.3) is 0 Å². The van der Waals surface area contributed by atoms with E-state index in [0.29, 0.717) is 19.5 Å². The number of nitrogens with zero attached hydrogens (tertiary/aromatic N) is 2. The van der Waals surface area contributed by atoms with E-state index >= 15 is 0 Å². The van der Waals surface area contributed by atoms with Crippen molar-refractivity contribution in [3.63, 3.8) is 0 Å². The predicted octanol–water partition coefficient (Wildman–Crippen LogP) is 2.72. The number of amides is 1. The number of carbonyl (C=O) groups excluding carboxylic acids is 1. The Kier molecular flexibility index (Phi) is 6.62. The number of aromatic nitrogens is 1. The number of aryl methyl sites for hydroxylation is 2. The quantitative estimate of drug-likeness (QED) is 0.886. The zero-order chi connectivity index (χ0) is 17.1. The van der Waals surface area contributed by atoms with Gasteiger partial charge in [-0.05, 0) is 12.0 Å². The zero-order valence-electron chi connectivity index (χ0n) is 14.8. The smallest absolute Gasteiger partial charge is 0.227 e. The molecule has 1 aliphatic rings. The van der Waals surface area contributed by atoms with Gasteiger partial charge >= 0.3 is 0 Å². The van der Waals surface area contributed by atoms with E-state index in [1.165, 1.54) is 5.56 Å². The molecule has 6 heteroatoms. The predicted molar refractivity (Wildman–Crippen MR) is 99.9 cm³/mol. The average molecular weight is 364 g/mol. The standard InChI is InChI=1S/C19H25N3O2.ClH/c1-3-17-14(18(4-2)24-21-17)10-19(23)22-11-15(16(20)12-22)13-8-6-5-7-9-13;/h5-9,15-16H,3-4,10-12,20H2,1-2H3;1H/t15-,16+;/m0./s1. The summed E-state index contributed by atoms with van der Waals surface area (Å²) >= 11 is 0. The zero-order valence-corrected chi connectivity index (χ0v) is 15.6. The molecule has 3 rings (SSSR count). The number of benzene rings is 1. The maximum atomic E-state index is 12.8. The van der Waals surface area contributed by atoms with Gasteiger partial charge in [-0.25, -0.2) is 0 Å². The van der Waals surface area contributed by atoms with Crippen molar-refractivity contribution in [1.29, 1.82) is 0 Å². The van der Waals surface area contributed by atoms with Gasteiger partial charge in [-0.3, -0.25) is 4.79 Å². The Morgan fingerprint density at radius 2 is 1.96 bits per heavy atom. The molecule has 1 aromatic carbocycles. The van der Waals surface area contributed by atoms with Crippen molar-refractivity contribution in [2.24, 2.45) is 5.73 Å². The Morgan fingerprint density at radius 3 is 2.60 bits per heavy atom. The van der Waals surface area contributed by atoms with Crippen molar-refractivity contribution >= 4 is 18.3 Å². The van der Waals surface area contributed by atoms with Gasteiger partial charge < -0.3 is 15.2 Å². The van der Waals surface area contributed by atoms with Gasteiger partial charge in [-0.15, -0.1) is 12.4 Å². The molecule has 1 aliphatic heterocycles. The van der Waals surface area contributed by atoms with E-state index < -0.39 is 0 Å². The highest BCUT2D eigenvalue weighted by Gasteiger charge is 2.34. The third-order valence-corrected chi connectivity index (χ3v) is 4.88. The van der Waals surface area contributed by atoms with E-state index in [2.05, 4.69) is 17.3 Å². The van der Waals surface area contributed by atoms with E-state index in [1.54, 1.807) is 0 Å². The molecule has 2 heterocycles. The van der Waals surface area contributed by atoms with Gasteiger partial charge in [0.05, 0.1) is 12.1 Å². The minimum absolute atomic E-state index is 0. The number of rotatable bonds is 5. The summed E-state index contributed by atoms with van der Waals surface area (Å²) in [6.45, 7) is 5.33. The summed E-state index contributed by atoms with van der Waals surface area (Å²) in [6.07, 6.45) is 1.88. The van der Waals surface area contributed by atoms with Crippen molar-refractivity contribution in [3.05, 3.63) is 52.9 Å². The summed E-state index contributed by atoms with van der Waals surface area (Å²) in [4.78, 5) is 14.7. The van der Waals surface area contributed by atoms with Crippen LogP contribution in [0.4, 0.5) is 0 Å². The van der Waals surface area contributed by atoms with E-state index in [0.717, 1.165) is 29.9 Å². The molecular weight excluding hydrogens is 338 g/mol. The summed E-state index contributed by atoms with van der Waals surface area (Å²) in [5.41, 5.74) is 9.35. The van der Waals surface area contributed by atoms with Crippen LogP contribution in [-0.4, -0.2) is 35.1 Å². The first-order valence-corrected chi connectivity index (χ1v) is 8.68.